The van der Waals surface area contributed by atoms with Gasteiger partial charge in [0.05, 0.1) is 0 Å². The molecule has 0 aromatic heterocycles. The maximum absolute atomic E-state index is 10.5. The highest BCUT2D eigenvalue weighted by molar-refractivity contribution is 6.38. The molecule has 0 atom stereocenters. The second-order valence-electron chi connectivity index (χ2n) is 1.85. The van der Waals surface area contributed by atoms with Crippen LogP contribution >= 0.6 is 0 Å². The number of hydrogen-bond acceptors (Lipinski definition) is 3. The van der Waals surface area contributed by atoms with E-state index >= 15 is 0 Å². The predicted octanol–water partition coefficient (Wildman–Crippen LogP) is 1.21. The molecular formula is C6H11NO2. The molecule has 0 spiro atoms. The summed E-state index contributed by atoms with van der Waals surface area (Å²) in [5.74, 6) is -0.153. The lowest BCUT2D eigenvalue weighted by atomic mass is 10.2. The van der Waals surface area contributed by atoms with Gasteiger partial charge in [-0.15, -0.1) is 0 Å². The van der Waals surface area contributed by atoms with E-state index in [2.05, 4.69) is 5.16 Å². The van der Waals surface area contributed by atoms with Crippen molar-refractivity contribution in [2.75, 3.05) is 0 Å². The van der Waals surface area contributed by atoms with Crippen LogP contribution in [0.1, 0.15) is 26.7 Å². The zero-order chi connectivity index (χ0) is 7.28. The summed E-state index contributed by atoms with van der Waals surface area (Å²) in [6.45, 7) is 3.32. The van der Waals surface area contributed by atoms with Crippen LogP contribution in [0.3, 0.4) is 0 Å². The van der Waals surface area contributed by atoms with Gasteiger partial charge in [-0.05, 0) is 6.42 Å². The highest BCUT2D eigenvalue weighted by Gasteiger charge is 2.02. The van der Waals surface area contributed by atoms with Gasteiger partial charge < -0.3 is 5.21 Å². The molecule has 0 fully saturated rings. The number of oxime groups is 1. The van der Waals surface area contributed by atoms with Crippen LogP contribution in [-0.2, 0) is 4.79 Å². The van der Waals surface area contributed by atoms with Gasteiger partial charge >= 0.3 is 0 Å². The van der Waals surface area contributed by atoms with Gasteiger partial charge in [-0.25, -0.2) is 0 Å². The van der Waals surface area contributed by atoms with Crippen LogP contribution in [0.5, 0.6) is 0 Å². The Morgan fingerprint density at radius 1 is 1.67 bits per heavy atom. The highest BCUT2D eigenvalue weighted by atomic mass is 16.4. The van der Waals surface area contributed by atoms with Crippen molar-refractivity contribution in [2.24, 2.45) is 5.16 Å². The van der Waals surface area contributed by atoms with Crippen LogP contribution < -0.4 is 0 Å². The van der Waals surface area contributed by atoms with Crippen molar-refractivity contribution in [1.29, 1.82) is 0 Å². The van der Waals surface area contributed by atoms with Crippen LogP contribution in [0.4, 0.5) is 0 Å². The predicted molar refractivity (Wildman–Crippen MR) is 34.8 cm³/mol. The summed E-state index contributed by atoms with van der Waals surface area (Å²) in [7, 11) is 0. The summed E-state index contributed by atoms with van der Waals surface area (Å²) in [5, 5.41) is 11.0. The normalized spacial score (nSPS) is 11.6. The lowest BCUT2D eigenvalue weighted by molar-refractivity contribution is -0.111. The third-order valence-electron chi connectivity index (χ3n) is 1.01. The minimum absolute atomic E-state index is 0.153. The maximum Gasteiger partial charge on any atom is 0.177 e. The first-order valence-electron chi connectivity index (χ1n) is 2.94. The Hall–Kier alpha value is -0.860. The van der Waals surface area contributed by atoms with Gasteiger partial charge in [-0.2, -0.15) is 0 Å². The summed E-state index contributed by atoms with van der Waals surface area (Å²) in [6, 6.07) is 0. The Kier molecular flexibility index (Phi) is 3.67. The largest absolute Gasteiger partial charge is 0.411 e. The molecule has 0 heterocycles. The Balaban J connectivity index is 3.85. The third kappa shape index (κ3) is 2.85. The van der Waals surface area contributed by atoms with E-state index in [1.54, 1.807) is 0 Å². The first-order valence-corrected chi connectivity index (χ1v) is 2.94. The zero-order valence-electron chi connectivity index (χ0n) is 5.72. The molecule has 0 aliphatic carbocycles. The monoisotopic (exact) mass is 129 g/mol. The van der Waals surface area contributed by atoms with Crippen LogP contribution in [0.15, 0.2) is 5.16 Å². The number of carbonyl (C=O) groups is 1. The van der Waals surface area contributed by atoms with Crippen molar-refractivity contribution >= 4 is 11.5 Å². The van der Waals surface area contributed by atoms with Crippen molar-refractivity contribution < 1.29 is 10.0 Å². The third-order valence-corrected chi connectivity index (χ3v) is 1.01. The molecule has 3 nitrogen and oxygen atoms in total. The van der Waals surface area contributed by atoms with Gasteiger partial charge in [0, 0.05) is 6.92 Å². The van der Waals surface area contributed by atoms with Gasteiger partial charge in [-0.1, -0.05) is 18.5 Å². The first-order chi connectivity index (χ1) is 4.22. The lowest BCUT2D eigenvalue weighted by Gasteiger charge is -1.93. The molecule has 3 heteroatoms. The van der Waals surface area contributed by atoms with Crippen LogP contribution in [0.25, 0.3) is 0 Å². The number of Topliss-reactive ketones (excluding diaryl/α,β-unsaturated/α-hetero) is 1. The molecule has 0 radical (unpaired) electrons. The summed E-state index contributed by atoms with van der Waals surface area (Å²) >= 11 is 0. The van der Waals surface area contributed by atoms with E-state index in [0.717, 1.165) is 6.42 Å². The van der Waals surface area contributed by atoms with Crippen molar-refractivity contribution in [3.05, 3.63) is 0 Å². The van der Waals surface area contributed by atoms with E-state index in [9.17, 15) is 4.79 Å². The highest BCUT2D eigenvalue weighted by Crippen LogP contribution is 1.91. The number of nitrogens with zero attached hydrogens (tertiary/aromatic N) is 1. The summed E-state index contributed by atoms with van der Waals surface area (Å²) in [4.78, 5) is 10.5. The fourth-order valence-electron chi connectivity index (χ4n) is 0.533. The molecule has 1 N–H and O–H groups in total. The van der Waals surface area contributed by atoms with E-state index in [4.69, 9.17) is 5.21 Å². The summed E-state index contributed by atoms with van der Waals surface area (Å²) in [5.41, 5.74) is 0.262. The molecule has 0 saturated heterocycles. The topological polar surface area (TPSA) is 49.7 Å². The van der Waals surface area contributed by atoms with Gasteiger partial charge in [0.2, 0.25) is 0 Å². The average Bonchev–Trinajstić information content (AvgIpc) is 1.82. The minimum Gasteiger partial charge on any atom is -0.411 e. The SMILES string of the molecule is CCC/C(=N/O)C(C)=O. The second-order valence-corrected chi connectivity index (χ2v) is 1.85. The number of carbonyl (C=O) groups excluding carboxylic acids is 1. The van der Waals surface area contributed by atoms with Gasteiger partial charge in [-0.3, -0.25) is 4.79 Å². The molecule has 0 rings (SSSR count). The standard InChI is InChI=1S/C6H11NO2/c1-3-4-6(7-9)5(2)8/h9H,3-4H2,1-2H3/b7-6-. The lowest BCUT2D eigenvalue weighted by Crippen LogP contribution is -2.08. The van der Waals surface area contributed by atoms with E-state index in [0.29, 0.717) is 6.42 Å². The van der Waals surface area contributed by atoms with Gasteiger partial charge in [0.25, 0.3) is 0 Å². The van der Waals surface area contributed by atoms with Gasteiger partial charge in [0.1, 0.15) is 5.71 Å². The molecule has 0 bridgehead atoms. The smallest absolute Gasteiger partial charge is 0.177 e. The quantitative estimate of drug-likeness (QED) is 0.353. The van der Waals surface area contributed by atoms with E-state index in [-0.39, 0.29) is 11.5 Å². The molecule has 0 amide bonds. The maximum atomic E-state index is 10.5. The van der Waals surface area contributed by atoms with Crippen LogP contribution in [0.2, 0.25) is 0 Å². The Bertz CT molecular complexity index is 129. The Morgan fingerprint density at radius 2 is 2.22 bits per heavy atom. The Labute approximate surface area is 54.4 Å². The fourth-order valence-corrected chi connectivity index (χ4v) is 0.533. The van der Waals surface area contributed by atoms with Gasteiger partial charge in [0.15, 0.2) is 5.78 Å². The second kappa shape index (κ2) is 4.06. The van der Waals surface area contributed by atoms with Crippen molar-refractivity contribution in [3.63, 3.8) is 0 Å². The molecule has 0 saturated carbocycles. The summed E-state index contributed by atoms with van der Waals surface area (Å²) in [6.07, 6.45) is 1.39. The number of rotatable bonds is 3. The minimum atomic E-state index is -0.153. The molecular weight excluding hydrogens is 118 g/mol. The summed E-state index contributed by atoms with van der Waals surface area (Å²) < 4.78 is 0. The van der Waals surface area contributed by atoms with Crippen LogP contribution in [-0.4, -0.2) is 16.7 Å². The molecule has 0 aromatic carbocycles. The zero-order valence-corrected chi connectivity index (χ0v) is 5.72. The number of ketones is 1. The van der Waals surface area contributed by atoms with E-state index < -0.39 is 0 Å². The molecule has 0 aromatic rings. The van der Waals surface area contributed by atoms with Crippen molar-refractivity contribution in [2.45, 2.75) is 26.7 Å². The van der Waals surface area contributed by atoms with E-state index in [1.165, 1.54) is 6.92 Å². The average molecular weight is 129 g/mol. The molecule has 0 aliphatic heterocycles. The number of hydrogen-bond donors (Lipinski definition) is 1. The first kappa shape index (κ1) is 8.14. The molecule has 9 heavy (non-hydrogen) atoms. The Morgan fingerprint density at radius 3 is 2.33 bits per heavy atom. The van der Waals surface area contributed by atoms with Crippen molar-refractivity contribution in [1.82, 2.24) is 0 Å². The van der Waals surface area contributed by atoms with E-state index in [1.807, 2.05) is 6.92 Å². The molecule has 0 aliphatic rings. The van der Waals surface area contributed by atoms with Crippen LogP contribution in [0, 0.1) is 0 Å². The molecule has 0 unspecified atom stereocenters. The van der Waals surface area contributed by atoms with Crippen molar-refractivity contribution in [3.8, 4) is 0 Å². The molecule has 52 valence electrons. The fraction of sp³-hybridized carbons (Fsp3) is 0.667.